The molecule has 5 nitrogen and oxygen atoms in total. The van der Waals surface area contributed by atoms with E-state index in [1.54, 1.807) is 0 Å². The van der Waals surface area contributed by atoms with E-state index in [1.165, 1.54) is 12.8 Å². The number of nitrogens with two attached hydrogens (primary N) is 1. The van der Waals surface area contributed by atoms with Gasteiger partial charge in [-0.15, -0.1) is 0 Å². The minimum Gasteiger partial charge on any atom is -0.382 e. The third-order valence-electron chi connectivity index (χ3n) is 3.08. The highest BCUT2D eigenvalue weighted by Crippen LogP contribution is 2.43. The number of hydrogen-bond acceptors (Lipinski definition) is 6. The maximum atomic E-state index is 11.7. The number of anilines is 2. The van der Waals surface area contributed by atoms with Gasteiger partial charge >= 0.3 is 0 Å². The lowest BCUT2D eigenvalue weighted by molar-refractivity contribution is 0.494. The van der Waals surface area contributed by atoms with Crippen LogP contribution in [-0.4, -0.2) is 24.6 Å². The van der Waals surface area contributed by atoms with Gasteiger partial charge in [-0.25, -0.2) is 8.42 Å². The van der Waals surface area contributed by atoms with Gasteiger partial charge < -0.3 is 11.1 Å². The summed E-state index contributed by atoms with van der Waals surface area (Å²) in [6.07, 6.45) is 3.52. The number of nitrogens with zero attached hydrogens (tertiary/aromatic N) is 1. The molecule has 1 saturated carbocycles. The molecule has 0 atom stereocenters. The molecule has 1 fully saturated rings. The maximum Gasteiger partial charge on any atom is 0.182 e. The Morgan fingerprint density at radius 3 is 2.53 bits per heavy atom. The van der Waals surface area contributed by atoms with Gasteiger partial charge in [0.05, 0.1) is 0 Å². The molecule has 96 valence electrons. The molecule has 0 amide bonds. The second kappa shape index (κ2) is 3.84. The average molecular weight is 275 g/mol. The summed E-state index contributed by atoms with van der Waals surface area (Å²) in [5, 5.41) is 3.83. The van der Waals surface area contributed by atoms with Gasteiger partial charge in [-0.1, -0.05) is 0 Å². The fourth-order valence-corrected chi connectivity index (χ4v) is 4.15. The van der Waals surface area contributed by atoms with Crippen LogP contribution in [0, 0.1) is 5.92 Å². The molecular weight excluding hydrogens is 258 g/mol. The minimum absolute atomic E-state index is 0.0894. The Bertz CT molecular complexity index is 530. The lowest BCUT2D eigenvalue weighted by Gasteiger charge is -2.26. The van der Waals surface area contributed by atoms with Crippen molar-refractivity contribution >= 4 is 32.2 Å². The Labute approximate surface area is 105 Å². The molecule has 0 spiro atoms. The maximum absolute atomic E-state index is 11.7. The van der Waals surface area contributed by atoms with Crippen LogP contribution in [0.25, 0.3) is 0 Å². The lowest BCUT2D eigenvalue weighted by Crippen LogP contribution is -2.33. The molecule has 2 rings (SSSR count). The summed E-state index contributed by atoms with van der Waals surface area (Å²) >= 11 is 1.11. The van der Waals surface area contributed by atoms with Crippen molar-refractivity contribution in [2.45, 2.75) is 37.1 Å². The number of nitrogens with one attached hydrogen (secondary N) is 1. The van der Waals surface area contributed by atoms with Gasteiger partial charge in [-0.2, -0.15) is 4.37 Å². The van der Waals surface area contributed by atoms with E-state index in [0.29, 0.717) is 10.9 Å². The molecule has 0 aliphatic heterocycles. The third kappa shape index (κ3) is 2.55. The van der Waals surface area contributed by atoms with Crippen LogP contribution in [0.1, 0.15) is 26.7 Å². The number of hydrogen-bond donors (Lipinski definition) is 2. The molecule has 0 saturated heterocycles. The van der Waals surface area contributed by atoms with Crippen molar-refractivity contribution in [3.8, 4) is 0 Å². The van der Waals surface area contributed by atoms with Crippen molar-refractivity contribution in [3.63, 3.8) is 0 Å². The Morgan fingerprint density at radius 1 is 1.47 bits per heavy atom. The van der Waals surface area contributed by atoms with Crippen LogP contribution in [0.4, 0.5) is 10.8 Å². The van der Waals surface area contributed by atoms with Gasteiger partial charge in [0.1, 0.15) is 9.90 Å². The SMILES string of the molecule is CC(C)(Nc1snc(N)c1S(C)(=O)=O)C1CC1. The van der Waals surface area contributed by atoms with Crippen LogP contribution >= 0.6 is 11.5 Å². The first-order chi connectivity index (χ1) is 7.72. The summed E-state index contributed by atoms with van der Waals surface area (Å²) in [5.41, 5.74) is 5.51. The van der Waals surface area contributed by atoms with E-state index in [2.05, 4.69) is 23.5 Å². The molecule has 17 heavy (non-hydrogen) atoms. The van der Waals surface area contributed by atoms with Gasteiger partial charge in [0.2, 0.25) is 0 Å². The van der Waals surface area contributed by atoms with Gasteiger partial charge in [0.25, 0.3) is 0 Å². The van der Waals surface area contributed by atoms with Crippen LogP contribution in [0.15, 0.2) is 4.90 Å². The standard InChI is InChI=1S/C10H17N3O2S2/c1-10(2,6-4-5-6)12-9-7(17(3,14)15)8(11)13-16-9/h6,12H,4-5H2,1-3H3,(H2,11,13). The summed E-state index contributed by atoms with van der Waals surface area (Å²) in [6, 6.07) is 0. The molecule has 1 aromatic rings. The molecule has 0 radical (unpaired) electrons. The van der Waals surface area contributed by atoms with Crippen LogP contribution in [-0.2, 0) is 9.84 Å². The zero-order valence-electron chi connectivity index (χ0n) is 10.1. The average Bonchev–Trinajstić information content (AvgIpc) is 2.90. The summed E-state index contributed by atoms with van der Waals surface area (Å²) in [7, 11) is -3.34. The van der Waals surface area contributed by atoms with Crippen molar-refractivity contribution in [2.24, 2.45) is 5.92 Å². The molecule has 1 aromatic heterocycles. The van der Waals surface area contributed by atoms with Crippen molar-refractivity contribution in [3.05, 3.63) is 0 Å². The smallest absolute Gasteiger partial charge is 0.182 e. The normalized spacial score (nSPS) is 17.1. The fraction of sp³-hybridized carbons (Fsp3) is 0.700. The Kier molecular flexibility index (Phi) is 2.86. The van der Waals surface area contributed by atoms with Crippen molar-refractivity contribution < 1.29 is 8.42 Å². The van der Waals surface area contributed by atoms with Gasteiger partial charge in [0.15, 0.2) is 15.7 Å². The molecule has 1 aliphatic carbocycles. The van der Waals surface area contributed by atoms with Gasteiger partial charge in [0, 0.05) is 11.8 Å². The highest BCUT2D eigenvalue weighted by molar-refractivity contribution is 7.91. The van der Waals surface area contributed by atoms with E-state index >= 15 is 0 Å². The molecule has 0 aromatic carbocycles. The molecular formula is C10H17N3O2S2. The quantitative estimate of drug-likeness (QED) is 0.874. The lowest BCUT2D eigenvalue weighted by atomic mass is 9.99. The van der Waals surface area contributed by atoms with Gasteiger partial charge in [-0.3, -0.25) is 0 Å². The zero-order valence-corrected chi connectivity index (χ0v) is 11.8. The summed E-state index contributed by atoms with van der Waals surface area (Å²) < 4.78 is 27.2. The van der Waals surface area contributed by atoms with E-state index in [-0.39, 0.29) is 16.3 Å². The summed E-state index contributed by atoms with van der Waals surface area (Å²) in [4.78, 5) is 0.135. The summed E-state index contributed by atoms with van der Waals surface area (Å²) in [5.74, 6) is 0.685. The first-order valence-electron chi connectivity index (χ1n) is 5.45. The van der Waals surface area contributed by atoms with E-state index in [4.69, 9.17) is 5.73 Å². The Hall–Kier alpha value is -0.820. The van der Waals surface area contributed by atoms with Crippen LogP contribution in [0.5, 0.6) is 0 Å². The molecule has 0 bridgehead atoms. The molecule has 1 aliphatic rings. The van der Waals surface area contributed by atoms with Crippen molar-refractivity contribution in [2.75, 3.05) is 17.3 Å². The number of rotatable bonds is 4. The largest absolute Gasteiger partial charge is 0.382 e. The molecule has 1 heterocycles. The van der Waals surface area contributed by atoms with E-state index in [1.807, 2.05) is 0 Å². The second-order valence-electron chi connectivity index (χ2n) is 5.12. The predicted octanol–water partition coefficient (Wildman–Crippen LogP) is 1.73. The molecule has 3 N–H and O–H groups in total. The van der Waals surface area contributed by atoms with Gasteiger partial charge in [-0.05, 0) is 44.1 Å². The Balaban J connectivity index is 2.34. The molecule has 7 heteroatoms. The van der Waals surface area contributed by atoms with E-state index in [9.17, 15) is 8.42 Å². The zero-order chi connectivity index (χ0) is 12.8. The summed E-state index contributed by atoms with van der Waals surface area (Å²) in [6.45, 7) is 4.15. The minimum atomic E-state index is -3.34. The van der Waals surface area contributed by atoms with Crippen molar-refractivity contribution in [1.29, 1.82) is 0 Å². The van der Waals surface area contributed by atoms with Crippen LogP contribution < -0.4 is 11.1 Å². The first-order valence-corrected chi connectivity index (χ1v) is 8.11. The first kappa shape index (κ1) is 12.6. The number of nitrogen functional groups attached to an aromatic ring is 1. The second-order valence-corrected chi connectivity index (χ2v) is 7.85. The van der Waals surface area contributed by atoms with Crippen LogP contribution in [0.2, 0.25) is 0 Å². The third-order valence-corrected chi connectivity index (χ3v) is 5.14. The highest BCUT2D eigenvalue weighted by atomic mass is 32.2. The Morgan fingerprint density at radius 2 is 2.06 bits per heavy atom. The van der Waals surface area contributed by atoms with E-state index < -0.39 is 9.84 Å². The number of sulfone groups is 1. The monoisotopic (exact) mass is 275 g/mol. The van der Waals surface area contributed by atoms with E-state index in [0.717, 1.165) is 17.8 Å². The topological polar surface area (TPSA) is 85.1 Å². The molecule has 0 unspecified atom stereocenters. The number of aromatic nitrogens is 1. The predicted molar refractivity (Wildman–Crippen MR) is 70.1 cm³/mol. The fourth-order valence-electron chi connectivity index (χ4n) is 1.93. The van der Waals surface area contributed by atoms with Crippen LogP contribution in [0.3, 0.4) is 0 Å². The van der Waals surface area contributed by atoms with Crippen molar-refractivity contribution in [1.82, 2.24) is 4.37 Å². The highest BCUT2D eigenvalue weighted by Gasteiger charge is 2.39.